The fourth-order valence-electron chi connectivity index (χ4n) is 2.51. The van der Waals surface area contributed by atoms with Crippen molar-refractivity contribution in [2.24, 2.45) is 0 Å². The van der Waals surface area contributed by atoms with E-state index >= 15 is 0 Å². The number of aliphatic hydroxyl groups is 1. The Bertz CT molecular complexity index is 673. The van der Waals surface area contributed by atoms with Crippen LogP contribution in [-0.4, -0.2) is 11.2 Å². The molecular weight excluding hydrogens is 264 g/mol. The van der Waals surface area contributed by atoms with Gasteiger partial charge in [0, 0.05) is 0 Å². The van der Waals surface area contributed by atoms with Gasteiger partial charge in [-0.3, -0.25) is 0 Å². The molecule has 3 aromatic rings. The summed E-state index contributed by atoms with van der Waals surface area (Å²) >= 11 is 1.72. The number of rotatable bonds is 5. The van der Waals surface area contributed by atoms with Crippen molar-refractivity contribution in [3.05, 3.63) is 70.4 Å². The van der Waals surface area contributed by atoms with Crippen LogP contribution in [0.2, 0.25) is 0 Å². The van der Waals surface area contributed by atoms with Gasteiger partial charge < -0.3 is 5.11 Å². The molecule has 0 bridgehead atoms. The number of benzene rings is 2. The molecule has 0 spiro atoms. The summed E-state index contributed by atoms with van der Waals surface area (Å²) in [7, 11) is 0. The fraction of sp³-hybridized carbons (Fsp3) is 0.222. The van der Waals surface area contributed by atoms with Gasteiger partial charge in [0.1, 0.15) is 0 Å². The van der Waals surface area contributed by atoms with Crippen LogP contribution in [-0.2, 0) is 12.8 Å². The summed E-state index contributed by atoms with van der Waals surface area (Å²) in [5.41, 5.74) is 2.54. The van der Waals surface area contributed by atoms with Crippen molar-refractivity contribution < 1.29 is 5.11 Å². The molecule has 0 aliphatic carbocycles. The lowest BCUT2D eigenvalue weighted by Crippen LogP contribution is -2.11. The zero-order valence-electron chi connectivity index (χ0n) is 11.3. The second-order valence-corrected chi connectivity index (χ2v) is 5.99. The Morgan fingerprint density at radius 3 is 2.60 bits per heavy atom. The number of hydrogen-bond acceptors (Lipinski definition) is 2. The zero-order valence-corrected chi connectivity index (χ0v) is 12.1. The number of hydrogen-bond donors (Lipinski definition) is 1. The third-order valence-electron chi connectivity index (χ3n) is 3.63. The van der Waals surface area contributed by atoms with Crippen LogP contribution in [0, 0.1) is 0 Å². The van der Waals surface area contributed by atoms with Gasteiger partial charge in [0.05, 0.1) is 6.10 Å². The Hall–Kier alpha value is -1.64. The largest absolute Gasteiger partial charge is 0.393 e. The van der Waals surface area contributed by atoms with E-state index in [0.717, 1.165) is 19.3 Å². The van der Waals surface area contributed by atoms with Crippen LogP contribution in [0.3, 0.4) is 0 Å². The molecule has 1 aromatic heterocycles. The smallest absolute Gasteiger partial charge is 0.0583 e. The van der Waals surface area contributed by atoms with Crippen molar-refractivity contribution in [3.63, 3.8) is 0 Å². The lowest BCUT2D eigenvalue weighted by Gasteiger charge is -2.11. The Morgan fingerprint density at radius 2 is 1.80 bits per heavy atom. The summed E-state index contributed by atoms with van der Waals surface area (Å²) in [5.74, 6) is 0. The van der Waals surface area contributed by atoms with Gasteiger partial charge in [-0.1, -0.05) is 42.5 Å². The Morgan fingerprint density at radius 1 is 0.950 bits per heavy atom. The Labute approximate surface area is 123 Å². The Balaban J connectivity index is 1.63. The minimum atomic E-state index is -0.268. The van der Waals surface area contributed by atoms with Crippen LogP contribution in [0.15, 0.2) is 59.3 Å². The van der Waals surface area contributed by atoms with Gasteiger partial charge in [0.15, 0.2) is 0 Å². The van der Waals surface area contributed by atoms with Gasteiger partial charge in [-0.15, -0.1) is 0 Å². The predicted molar refractivity (Wildman–Crippen MR) is 86.3 cm³/mol. The molecule has 1 atom stereocenters. The third-order valence-corrected chi connectivity index (χ3v) is 4.36. The fourth-order valence-corrected chi connectivity index (χ4v) is 3.21. The van der Waals surface area contributed by atoms with Gasteiger partial charge >= 0.3 is 0 Å². The topological polar surface area (TPSA) is 20.2 Å². The highest BCUT2D eigenvalue weighted by Crippen LogP contribution is 2.18. The van der Waals surface area contributed by atoms with Crippen LogP contribution in [0.1, 0.15) is 17.5 Å². The summed E-state index contributed by atoms with van der Waals surface area (Å²) in [4.78, 5) is 0. The van der Waals surface area contributed by atoms with Crippen molar-refractivity contribution in [1.82, 2.24) is 0 Å². The SMILES string of the molecule is OC(CCc1ccsc1)Cc1ccc2ccccc2c1. The number of aliphatic hydroxyl groups excluding tert-OH is 1. The first-order valence-electron chi connectivity index (χ1n) is 6.98. The van der Waals surface area contributed by atoms with Crippen molar-refractivity contribution in [2.45, 2.75) is 25.4 Å². The molecule has 2 aromatic carbocycles. The van der Waals surface area contributed by atoms with Crippen molar-refractivity contribution in [1.29, 1.82) is 0 Å². The van der Waals surface area contributed by atoms with Crippen molar-refractivity contribution in [2.75, 3.05) is 0 Å². The minimum absolute atomic E-state index is 0.268. The molecule has 20 heavy (non-hydrogen) atoms. The quantitative estimate of drug-likeness (QED) is 0.733. The summed E-state index contributed by atoms with van der Waals surface area (Å²) in [6.07, 6.45) is 2.24. The van der Waals surface area contributed by atoms with Gasteiger partial charge in [0.2, 0.25) is 0 Å². The number of thiophene rings is 1. The standard InChI is InChI=1S/C18H18OS/c19-18(8-6-14-9-10-20-13-14)12-15-5-7-16-3-1-2-4-17(16)11-15/h1-5,7,9-11,13,18-19H,6,8,12H2. The molecule has 1 heterocycles. The highest BCUT2D eigenvalue weighted by atomic mass is 32.1. The second kappa shape index (κ2) is 6.21. The van der Waals surface area contributed by atoms with Gasteiger partial charge in [-0.05, 0) is 58.0 Å². The molecule has 102 valence electrons. The van der Waals surface area contributed by atoms with Crippen LogP contribution < -0.4 is 0 Å². The van der Waals surface area contributed by atoms with E-state index < -0.39 is 0 Å². The second-order valence-electron chi connectivity index (χ2n) is 5.21. The van der Waals surface area contributed by atoms with Gasteiger partial charge in [0.25, 0.3) is 0 Å². The first-order valence-corrected chi connectivity index (χ1v) is 7.92. The monoisotopic (exact) mass is 282 g/mol. The predicted octanol–water partition coefficient (Wildman–Crippen LogP) is 4.44. The minimum Gasteiger partial charge on any atom is -0.393 e. The lowest BCUT2D eigenvalue weighted by atomic mass is 10.00. The molecule has 1 unspecified atom stereocenters. The zero-order chi connectivity index (χ0) is 13.8. The Kier molecular flexibility index (Phi) is 4.14. The average Bonchev–Trinajstić information content (AvgIpc) is 2.98. The van der Waals surface area contributed by atoms with E-state index in [1.54, 1.807) is 11.3 Å². The molecule has 0 amide bonds. The molecule has 3 rings (SSSR count). The van der Waals surface area contributed by atoms with Crippen LogP contribution in [0.25, 0.3) is 10.8 Å². The molecule has 0 fully saturated rings. The first kappa shape index (κ1) is 13.3. The molecule has 0 aliphatic rings. The maximum absolute atomic E-state index is 10.2. The third kappa shape index (κ3) is 3.27. The number of fused-ring (bicyclic) bond motifs is 1. The molecule has 0 radical (unpaired) electrons. The van der Waals surface area contributed by atoms with Crippen LogP contribution >= 0.6 is 11.3 Å². The normalized spacial score (nSPS) is 12.7. The maximum Gasteiger partial charge on any atom is 0.0583 e. The van der Waals surface area contributed by atoms with Crippen LogP contribution in [0.5, 0.6) is 0 Å². The van der Waals surface area contributed by atoms with E-state index in [1.807, 2.05) is 0 Å². The van der Waals surface area contributed by atoms with E-state index in [2.05, 4.69) is 59.3 Å². The van der Waals surface area contributed by atoms with Crippen molar-refractivity contribution >= 4 is 22.1 Å². The molecule has 0 aliphatic heterocycles. The van der Waals surface area contributed by atoms with E-state index in [-0.39, 0.29) is 6.10 Å². The maximum atomic E-state index is 10.2. The molecule has 0 saturated heterocycles. The molecule has 2 heteroatoms. The molecule has 1 N–H and O–H groups in total. The van der Waals surface area contributed by atoms with Gasteiger partial charge in [-0.2, -0.15) is 11.3 Å². The molecular formula is C18H18OS. The average molecular weight is 282 g/mol. The summed E-state index contributed by atoms with van der Waals surface area (Å²) < 4.78 is 0. The highest BCUT2D eigenvalue weighted by Gasteiger charge is 2.07. The van der Waals surface area contributed by atoms with E-state index in [0.29, 0.717) is 0 Å². The van der Waals surface area contributed by atoms with Crippen molar-refractivity contribution in [3.8, 4) is 0 Å². The van der Waals surface area contributed by atoms with Gasteiger partial charge in [-0.25, -0.2) is 0 Å². The molecule has 0 saturated carbocycles. The summed E-state index contributed by atoms with van der Waals surface area (Å²) in [5, 5.41) is 16.9. The molecule has 1 nitrogen and oxygen atoms in total. The van der Waals surface area contributed by atoms with E-state index in [4.69, 9.17) is 0 Å². The highest BCUT2D eigenvalue weighted by molar-refractivity contribution is 7.07. The number of aryl methyl sites for hydroxylation is 1. The van der Waals surface area contributed by atoms with E-state index in [9.17, 15) is 5.11 Å². The van der Waals surface area contributed by atoms with Crippen LogP contribution in [0.4, 0.5) is 0 Å². The lowest BCUT2D eigenvalue weighted by molar-refractivity contribution is 0.165. The van der Waals surface area contributed by atoms with E-state index in [1.165, 1.54) is 21.9 Å². The summed E-state index contributed by atoms with van der Waals surface area (Å²) in [6.45, 7) is 0. The first-order chi connectivity index (χ1) is 9.81. The summed E-state index contributed by atoms with van der Waals surface area (Å²) in [6, 6.07) is 16.9.